The van der Waals surface area contributed by atoms with Gasteiger partial charge in [-0.05, 0) is 31.2 Å². The summed E-state index contributed by atoms with van der Waals surface area (Å²) < 4.78 is 26.8. The molecule has 0 aliphatic carbocycles. The predicted molar refractivity (Wildman–Crippen MR) is 108 cm³/mol. The summed E-state index contributed by atoms with van der Waals surface area (Å²) in [6.07, 6.45) is 3.14. The zero-order valence-electron chi connectivity index (χ0n) is 14.4. The van der Waals surface area contributed by atoms with E-state index in [0.29, 0.717) is 18.1 Å². The summed E-state index contributed by atoms with van der Waals surface area (Å²) in [4.78, 5) is 18.3. The lowest BCUT2D eigenvalue weighted by atomic mass is 10.3. The van der Waals surface area contributed by atoms with Crippen molar-refractivity contribution < 1.29 is 13.2 Å². The van der Waals surface area contributed by atoms with Gasteiger partial charge in [0.15, 0.2) is 0 Å². The molecule has 6 nitrogen and oxygen atoms in total. The number of hydrogen-bond acceptors (Lipinski definition) is 5. The third-order valence-electron chi connectivity index (χ3n) is 4.11. The van der Waals surface area contributed by atoms with Gasteiger partial charge in [0.1, 0.15) is 0 Å². The van der Waals surface area contributed by atoms with Gasteiger partial charge in [-0.2, -0.15) is 4.31 Å². The van der Waals surface area contributed by atoms with Crippen LogP contribution in [0.1, 0.15) is 10.7 Å². The van der Waals surface area contributed by atoms with E-state index < -0.39 is 10.0 Å². The number of halogens is 2. The number of benzene rings is 1. The molecular formula is C17H17Cl2N3O3S2. The van der Waals surface area contributed by atoms with Crippen LogP contribution in [0.25, 0.3) is 6.08 Å². The number of thiazole rings is 1. The number of aromatic nitrogens is 1. The molecule has 2 heterocycles. The first-order valence-electron chi connectivity index (χ1n) is 8.12. The highest BCUT2D eigenvalue weighted by Gasteiger charge is 2.29. The fourth-order valence-corrected chi connectivity index (χ4v) is 5.05. The molecule has 3 rings (SSSR count). The molecule has 0 atom stereocenters. The first-order valence-corrected chi connectivity index (χ1v) is 11.2. The number of amides is 1. The molecule has 1 aliphatic rings. The number of carbonyl (C=O) groups is 1. The van der Waals surface area contributed by atoms with Gasteiger partial charge >= 0.3 is 0 Å². The van der Waals surface area contributed by atoms with Crippen molar-refractivity contribution in [1.82, 2.24) is 14.2 Å². The van der Waals surface area contributed by atoms with Crippen LogP contribution in [0, 0.1) is 6.92 Å². The van der Waals surface area contributed by atoms with Gasteiger partial charge in [0.25, 0.3) is 0 Å². The Morgan fingerprint density at radius 2 is 1.89 bits per heavy atom. The van der Waals surface area contributed by atoms with Crippen molar-refractivity contribution >= 4 is 56.5 Å². The Bertz CT molecular complexity index is 981. The topological polar surface area (TPSA) is 70.6 Å². The molecule has 0 N–H and O–H groups in total. The molecule has 0 bridgehead atoms. The van der Waals surface area contributed by atoms with Crippen molar-refractivity contribution in [2.45, 2.75) is 11.8 Å². The smallest absolute Gasteiger partial charge is 0.246 e. The van der Waals surface area contributed by atoms with Crippen molar-refractivity contribution in [3.63, 3.8) is 0 Å². The number of piperazine rings is 1. The second kappa shape index (κ2) is 8.28. The van der Waals surface area contributed by atoms with E-state index in [-0.39, 0.29) is 28.9 Å². The van der Waals surface area contributed by atoms with E-state index in [1.807, 2.05) is 12.3 Å². The van der Waals surface area contributed by atoms with Gasteiger partial charge in [-0.1, -0.05) is 23.2 Å². The van der Waals surface area contributed by atoms with Crippen LogP contribution in [0.5, 0.6) is 0 Å². The van der Waals surface area contributed by atoms with E-state index in [1.165, 1.54) is 39.9 Å². The molecular weight excluding hydrogens is 429 g/mol. The highest BCUT2D eigenvalue weighted by molar-refractivity contribution is 7.89. The highest BCUT2D eigenvalue weighted by Crippen LogP contribution is 2.27. The zero-order valence-corrected chi connectivity index (χ0v) is 17.6. The average Bonchev–Trinajstić information content (AvgIpc) is 3.07. The molecule has 0 spiro atoms. The molecule has 27 heavy (non-hydrogen) atoms. The van der Waals surface area contributed by atoms with Gasteiger partial charge in [0, 0.05) is 37.6 Å². The molecule has 144 valence electrons. The molecule has 0 saturated carbocycles. The minimum atomic E-state index is -3.68. The fourth-order valence-electron chi connectivity index (χ4n) is 2.65. The van der Waals surface area contributed by atoms with Crippen LogP contribution < -0.4 is 0 Å². The highest BCUT2D eigenvalue weighted by atomic mass is 35.5. The Hall–Kier alpha value is -1.45. The quantitative estimate of drug-likeness (QED) is 0.676. The Morgan fingerprint density at radius 3 is 2.48 bits per heavy atom. The summed E-state index contributed by atoms with van der Waals surface area (Å²) in [7, 11) is -3.68. The standard InChI is InChI=1S/C17H17Cl2N3O3S2/c1-12-20-13(11-26-12)2-5-17(23)21-6-8-22(9-7-21)27(24,25)14-3-4-15(18)16(19)10-14/h2-5,10-11H,6-9H2,1H3/b5-2+. The molecule has 1 saturated heterocycles. The van der Waals surface area contributed by atoms with Crippen LogP contribution in [-0.4, -0.2) is 54.7 Å². The van der Waals surface area contributed by atoms with Crippen LogP contribution in [0.15, 0.2) is 34.6 Å². The van der Waals surface area contributed by atoms with Crippen LogP contribution >= 0.6 is 34.5 Å². The van der Waals surface area contributed by atoms with Crippen LogP contribution in [0.3, 0.4) is 0 Å². The molecule has 1 fully saturated rings. The van der Waals surface area contributed by atoms with E-state index in [0.717, 1.165) is 10.7 Å². The van der Waals surface area contributed by atoms with Gasteiger partial charge < -0.3 is 4.90 Å². The second-order valence-electron chi connectivity index (χ2n) is 5.93. The lowest BCUT2D eigenvalue weighted by molar-refractivity contribution is -0.127. The third-order valence-corrected chi connectivity index (χ3v) is 7.54. The fraction of sp³-hybridized carbons (Fsp3) is 0.294. The van der Waals surface area contributed by atoms with E-state index in [9.17, 15) is 13.2 Å². The van der Waals surface area contributed by atoms with Crippen molar-refractivity contribution in [2.75, 3.05) is 26.2 Å². The number of aryl methyl sites for hydroxylation is 1. The first-order chi connectivity index (χ1) is 12.8. The average molecular weight is 446 g/mol. The van der Waals surface area contributed by atoms with Gasteiger partial charge in [0.2, 0.25) is 15.9 Å². The van der Waals surface area contributed by atoms with Gasteiger partial charge in [-0.3, -0.25) is 4.79 Å². The van der Waals surface area contributed by atoms with E-state index in [4.69, 9.17) is 23.2 Å². The van der Waals surface area contributed by atoms with Crippen molar-refractivity contribution in [3.05, 3.63) is 50.4 Å². The van der Waals surface area contributed by atoms with Crippen LogP contribution in [0.2, 0.25) is 10.0 Å². The summed E-state index contributed by atoms with van der Waals surface area (Å²) in [5.74, 6) is -0.160. The SMILES string of the molecule is Cc1nc(/C=C/C(=O)N2CCN(S(=O)(=O)c3ccc(Cl)c(Cl)c3)CC2)cs1. The lowest BCUT2D eigenvalue weighted by Gasteiger charge is -2.33. The van der Waals surface area contributed by atoms with E-state index >= 15 is 0 Å². The Morgan fingerprint density at radius 1 is 1.19 bits per heavy atom. The second-order valence-corrected chi connectivity index (χ2v) is 9.74. The minimum Gasteiger partial charge on any atom is -0.337 e. The Labute approximate surface area is 172 Å². The third kappa shape index (κ3) is 4.70. The monoisotopic (exact) mass is 445 g/mol. The molecule has 10 heteroatoms. The predicted octanol–water partition coefficient (Wildman–Crippen LogP) is 3.30. The Balaban J connectivity index is 1.63. The van der Waals surface area contributed by atoms with Crippen LogP contribution in [0.4, 0.5) is 0 Å². The maximum Gasteiger partial charge on any atom is 0.246 e. The van der Waals surface area contributed by atoms with Crippen molar-refractivity contribution in [3.8, 4) is 0 Å². The van der Waals surface area contributed by atoms with Crippen molar-refractivity contribution in [1.29, 1.82) is 0 Å². The summed E-state index contributed by atoms with van der Waals surface area (Å²) in [6.45, 7) is 2.98. The van der Waals surface area contributed by atoms with Gasteiger partial charge in [-0.25, -0.2) is 13.4 Å². The lowest BCUT2D eigenvalue weighted by Crippen LogP contribution is -2.50. The molecule has 1 amide bonds. The molecule has 0 radical (unpaired) electrons. The van der Waals surface area contributed by atoms with Crippen molar-refractivity contribution in [2.24, 2.45) is 0 Å². The Kier molecular flexibility index (Phi) is 6.22. The summed E-state index contributed by atoms with van der Waals surface area (Å²) in [6, 6.07) is 4.23. The summed E-state index contributed by atoms with van der Waals surface area (Å²) in [5, 5.41) is 3.30. The number of rotatable bonds is 4. The molecule has 1 aromatic carbocycles. The summed E-state index contributed by atoms with van der Waals surface area (Å²) >= 11 is 13.3. The summed E-state index contributed by atoms with van der Waals surface area (Å²) in [5.41, 5.74) is 0.742. The normalized spacial score (nSPS) is 16.2. The van der Waals surface area contributed by atoms with Gasteiger partial charge in [0.05, 0.1) is 25.6 Å². The number of nitrogens with zero attached hydrogens (tertiary/aromatic N) is 3. The molecule has 1 aliphatic heterocycles. The van der Waals surface area contributed by atoms with E-state index in [1.54, 1.807) is 11.0 Å². The van der Waals surface area contributed by atoms with Gasteiger partial charge in [-0.15, -0.1) is 11.3 Å². The first kappa shape index (κ1) is 20.3. The maximum atomic E-state index is 12.7. The number of sulfonamides is 1. The number of carbonyl (C=O) groups excluding carboxylic acids is 1. The number of hydrogen-bond donors (Lipinski definition) is 0. The largest absolute Gasteiger partial charge is 0.337 e. The maximum absolute atomic E-state index is 12.7. The minimum absolute atomic E-state index is 0.0930. The van der Waals surface area contributed by atoms with Crippen LogP contribution in [-0.2, 0) is 14.8 Å². The molecule has 1 aromatic heterocycles. The molecule has 0 unspecified atom stereocenters. The molecule has 2 aromatic rings. The van der Waals surface area contributed by atoms with E-state index in [2.05, 4.69) is 4.98 Å². The zero-order chi connectivity index (χ0) is 19.6.